The Bertz CT molecular complexity index is 803. The molecule has 22 heavy (non-hydrogen) atoms. The fraction of sp³-hybridized carbons (Fsp3) is 0.0588. The van der Waals surface area contributed by atoms with Crippen LogP contribution in [0, 0.1) is 0 Å². The van der Waals surface area contributed by atoms with E-state index in [1.165, 1.54) is 17.1 Å². The lowest BCUT2D eigenvalue weighted by Gasteiger charge is -2.26. The summed E-state index contributed by atoms with van der Waals surface area (Å²) >= 11 is 0. The molecule has 3 heterocycles. The number of benzene rings is 1. The van der Waals surface area contributed by atoms with Crippen LogP contribution in [0.15, 0.2) is 60.4 Å². The predicted octanol–water partition coefficient (Wildman–Crippen LogP) is 3.86. The molecule has 107 valence electrons. The van der Waals surface area contributed by atoms with E-state index in [2.05, 4.69) is 0 Å². The Labute approximate surface area is 128 Å². The van der Waals surface area contributed by atoms with Crippen LogP contribution in [0.25, 0.3) is 18.2 Å². The molecule has 1 aromatic carbocycles. The van der Waals surface area contributed by atoms with Crippen LogP contribution in [0.4, 0.5) is 8.78 Å². The second-order valence-corrected chi connectivity index (χ2v) is 5.29. The van der Waals surface area contributed by atoms with Crippen LogP contribution in [-0.4, -0.2) is 22.8 Å². The minimum Gasteiger partial charge on any atom is -0.373 e. The zero-order chi connectivity index (χ0) is 15.2. The smallest absolute Gasteiger partial charge is 0.373 e. The third kappa shape index (κ3) is 2.10. The molecule has 0 fully saturated rings. The van der Waals surface area contributed by atoms with Crippen LogP contribution in [0.5, 0.6) is 0 Å². The van der Waals surface area contributed by atoms with E-state index in [0.717, 1.165) is 23.0 Å². The number of fused-ring (bicyclic) bond motifs is 2. The predicted molar refractivity (Wildman–Crippen MR) is 84.9 cm³/mol. The van der Waals surface area contributed by atoms with Crippen molar-refractivity contribution in [3.8, 4) is 0 Å². The average Bonchev–Trinajstić information content (AvgIpc) is 3.06. The zero-order valence-electron chi connectivity index (χ0n) is 11.7. The van der Waals surface area contributed by atoms with Crippen molar-refractivity contribution >= 4 is 25.8 Å². The molecule has 0 unspecified atom stereocenters. The van der Waals surface area contributed by atoms with Gasteiger partial charge in [0.05, 0.1) is 5.70 Å². The van der Waals surface area contributed by atoms with E-state index in [0.29, 0.717) is 0 Å². The van der Waals surface area contributed by atoms with Gasteiger partial charge in [0.2, 0.25) is 0 Å². The standard InChI is InChI=1S/C17H12BF2N2/c19-17(20)10-11-21-16(17)12-15-9-8-14(22(15)18-21)7-6-13-4-2-1-3-5-13/h1-12H/b7-6+. The minimum atomic E-state index is -2.90. The lowest BCUT2D eigenvalue weighted by molar-refractivity contribution is 0.0929. The van der Waals surface area contributed by atoms with Crippen molar-refractivity contribution in [3.63, 3.8) is 0 Å². The number of rotatable bonds is 2. The molecule has 2 aliphatic rings. The molecule has 0 atom stereocenters. The summed E-state index contributed by atoms with van der Waals surface area (Å²) < 4.78 is 29.3. The summed E-state index contributed by atoms with van der Waals surface area (Å²) in [6.45, 7) is 0. The maximum absolute atomic E-state index is 13.7. The van der Waals surface area contributed by atoms with Gasteiger partial charge in [-0.05, 0) is 36.0 Å². The quantitative estimate of drug-likeness (QED) is 0.763. The van der Waals surface area contributed by atoms with Gasteiger partial charge < -0.3 is 9.29 Å². The van der Waals surface area contributed by atoms with E-state index in [1.807, 2.05) is 59.1 Å². The average molecular weight is 293 g/mol. The van der Waals surface area contributed by atoms with E-state index >= 15 is 0 Å². The summed E-state index contributed by atoms with van der Waals surface area (Å²) in [5.74, 6) is -2.90. The van der Waals surface area contributed by atoms with Crippen molar-refractivity contribution in [3.05, 3.63) is 77.4 Å². The number of hydrogen-bond donors (Lipinski definition) is 0. The van der Waals surface area contributed by atoms with Gasteiger partial charge in [-0.1, -0.05) is 36.4 Å². The van der Waals surface area contributed by atoms with Crippen LogP contribution in [0.2, 0.25) is 0 Å². The van der Waals surface area contributed by atoms with E-state index < -0.39 is 5.92 Å². The fourth-order valence-electron chi connectivity index (χ4n) is 2.66. The number of hydrogen-bond acceptors (Lipinski definition) is 1. The molecular formula is C17H12BF2N2. The van der Waals surface area contributed by atoms with E-state index in [4.69, 9.17) is 0 Å². The first-order valence-electron chi connectivity index (χ1n) is 7.00. The van der Waals surface area contributed by atoms with Crippen molar-refractivity contribution < 1.29 is 8.78 Å². The van der Waals surface area contributed by atoms with Gasteiger partial charge in [0, 0.05) is 17.5 Å². The summed E-state index contributed by atoms with van der Waals surface area (Å²) in [5.41, 5.74) is 2.79. The van der Waals surface area contributed by atoms with Crippen molar-refractivity contribution in [1.29, 1.82) is 0 Å². The number of alkyl halides is 2. The molecule has 0 bridgehead atoms. The largest absolute Gasteiger partial charge is 0.400 e. The molecule has 0 amide bonds. The molecule has 0 aliphatic carbocycles. The number of nitrogens with zero attached hydrogens (tertiary/aromatic N) is 2. The van der Waals surface area contributed by atoms with E-state index in [-0.39, 0.29) is 5.70 Å². The van der Waals surface area contributed by atoms with Crippen LogP contribution < -0.4 is 0 Å². The third-order valence-electron chi connectivity index (χ3n) is 3.82. The van der Waals surface area contributed by atoms with Crippen LogP contribution in [0.3, 0.4) is 0 Å². The first kappa shape index (κ1) is 13.1. The molecular weight excluding hydrogens is 281 g/mol. The molecule has 2 nitrogen and oxygen atoms in total. The molecule has 0 saturated carbocycles. The Balaban J connectivity index is 1.67. The molecule has 0 N–H and O–H groups in total. The highest BCUT2D eigenvalue weighted by Crippen LogP contribution is 2.37. The van der Waals surface area contributed by atoms with Gasteiger partial charge >= 0.3 is 13.5 Å². The minimum absolute atomic E-state index is 0.00307. The van der Waals surface area contributed by atoms with Gasteiger partial charge in [0.15, 0.2) is 0 Å². The molecule has 0 spiro atoms. The van der Waals surface area contributed by atoms with Crippen LogP contribution >= 0.6 is 0 Å². The van der Waals surface area contributed by atoms with Crippen LogP contribution in [0.1, 0.15) is 17.0 Å². The Morgan fingerprint density at radius 1 is 1.00 bits per heavy atom. The summed E-state index contributed by atoms with van der Waals surface area (Å²) in [6.07, 6.45) is 7.83. The van der Waals surface area contributed by atoms with Gasteiger partial charge in [-0.15, -0.1) is 0 Å². The molecule has 5 heteroatoms. The van der Waals surface area contributed by atoms with Gasteiger partial charge in [-0.25, -0.2) is 0 Å². The maximum atomic E-state index is 13.7. The first-order valence-corrected chi connectivity index (χ1v) is 7.00. The van der Waals surface area contributed by atoms with E-state index in [9.17, 15) is 8.78 Å². The molecule has 2 aromatic rings. The SMILES string of the molecule is FC1(F)C=CN2[B]n3c(ccc3/C=C/c3ccccc3)C=C21. The topological polar surface area (TPSA) is 8.17 Å². The number of aromatic nitrogens is 1. The summed E-state index contributed by atoms with van der Waals surface area (Å²) in [7, 11) is 1.69. The maximum Gasteiger partial charge on any atom is 0.400 e. The summed E-state index contributed by atoms with van der Waals surface area (Å²) in [6, 6.07) is 13.7. The second kappa shape index (κ2) is 4.73. The molecule has 2 aliphatic heterocycles. The Hall–Kier alpha value is -2.56. The van der Waals surface area contributed by atoms with Gasteiger partial charge in [-0.2, -0.15) is 8.78 Å². The van der Waals surface area contributed by atoms with Gasteiger partial charge in [-0.3, -0.25) is 0 Å². The lowest BCUT2D eigenvalue weighted by Crippen LogP contribution is -2.34. The number of allylic oxidation sites excluding steroid dienone is 1. The fourth-order valence-corrected chi connectivity index (χ4v) is 2.66. The van der Waals surface area contributed by atoms with Crippen molar-refractivity contribution in [2.45, 2.75) is 5.92 Å². The highest BCUT2D eigenvalue weighted by Gasteiger charge is 2.41. The third-order valence-corrected chi connectivity index (χ3v) is 3.82. The molecule has 4 rings (SSSR count). The molecule has 1 radical (unpaired) electrons. The highest BCUT2D eigenvalue weighted by atomic mass is 19.3. The Morgan fingerprint density at radius 2 is 1.82 bits per heavy atom. The van der Waals surface area contributed by atoms with E-state index in [1.54, 1.807) is 7.55 Å². The van der Waals surface area contributed by atoms with Crippen LogP contribution in [-0.2, 0) is 0 Å². The van der Waals surface area contributed by atoms with Crippen molar-refractivity contribution in [2.24, 2.45) is 0 Å². The summed E-state index contributed by atoms with van der Waals surface area (Å²) in [4.78, 5) is 1.47. The highest BCUT2D eigenvalue weighted by molar-refractivity contribution is 6.33. The molecule has 0 saturated heterocycles. The normalized spacial score (nSPS) is 18.1. The van der Waals surface area contributed by atoms with Gasteiger partial charge in [0.1, 0.15) is 0 Å². The second-order valence-electron chi connectivity index (χ2n) is 5.29. The van der Waals surface area contributed by atoms with Crippen molar-refractivity contribution in [2.75, 3.05) is 0 Å². The first-order chi connectivity index (χ1) is 10.6. The van der Waals surface area contributed by atoms with Gasteiger partial charge in [0.25, 0.3) is 0 Å². The monoisotopic (exact) mass is 293 g/mol. The summed E-state index contributed by atoms with van der Waals surface area (Å²) in [5, 5.41) is 0. The molecule has 1 aromatic heterocycles. The number of halogens is 2. The Kier molecular flexibility index (Phi) is 2.82. The van der Waals surface area contributed by atoms with Crippen molar-refractivity contribution in [1.82, 2.24) is 9.29 Å². The zero-order valence-corrected chi connectivity index (χ0v) is 11.7. The lowest BCUT2D eigenvalue weighted by atomic mass is 10.0. The Morgan fingerprint density at radius 3 is 2.64 bits per heavy atom.